The number of halogens is 1. The molecule has 0 unspecified atom stereocenters. The number of hydrogen-bond acceptors (Lipinski definition) is 3. The van der Waals surface area contributed by atoms with Crippen molar-refractivity contribution in [1.29, 1.82) is 0 Å². The van der Waals surface area contributed by atoms with Crippen molar-refractivity contribution in [3.05, 3.63) is 35.2 Å². The Hall–Kier alpha value is -1.36. The number of nitrogens with zero attached hydrogens (tertiary/aromatic N) is 3. The molecule has 5 heteroatoms. The molecule has 0 spiro atoms. The van der Waals surface area contributed by atoms with Gasteiger partial charge in [0.2, 0.25) is 0 Å². The highest BCUT2D eigenvalue weighted by molar-refractivity contribution is 9.10. The van der Waals surface area contributed by atoms with Gasteiger partial charge in [0.1, 0.15) is 5.75 Å². The molecule has 0 N–H and O–H groups in total. The molecule has 2 aromatic rings. The van der Waals surface area contributed by atoms with Gasteiger partial charge in [-0.05, 0) is 28.1 Å². The van der Waals surface area contributed by atoms with Gasteiger partial charge in [-0.1, -0.05) is 0 Å². The molecule has 14 heavy (non-hydrogen) atoms. The standard InChI is InChI=1S/C9H8BrN3O/c1-14-8-2-3-9(11-5-8)13-6-7(10)4-12-13/h2-6H,1H3. The van der Waals surface area contributed by atoms with Crippen molar-refractivity contribution in [2.45, 2.75) is 0 Å². The van der Waals surface area contributed by atoms with E-state index in [0.717, 1.165) is 16.0 Å². The van der Waals surface area contributed by atoms with Crippen LogP contribution in [0.25, 0.3) is 5.82 Å². The highest BCUT2D eigenvalue weighted by Gasteiger charge is 1.99. The predicted octanol–water partition coefficient (Wildman–Crippen LogP) is 2.04. The maximum Gasteiger partial charge on any atom is 0.153 e. The van der Waals surface area contributed by atoms with Gasteiger partial charge >= 0.3 is 0 Å². The normalized spacial score (nSPS) is 10.1. The summed E-state index contributed by atoms with van der Waals surface area (Å²) >= 11 is 3.32. The van der Waals surface area contributed by atoms with Crippen molar-refractivity contribution in [2.75, 3.05) is 7.11 Å². The number of pyridine rings is 1. The second-order valence-electron chi connectivity index (χ2n) is 2.66. The number of rotatable bonds is 2. The van der Waals surface area contributed by atoms with Crippen molar-refractivity contribution in [2.24, 2.45) is 0 Å². The first-order valence-electron chi connectivity index (χ1n) is 4.00. The van der Waals surface area contributed by atoms with E-state index in [1.807, 2.05) is 18.3 Å². The molecular weight excluding hydrogens is 246 g/mol. The van der Waals surface area contributed by atoms with Gasteiger partial charge < -0.3 is 4.74 Å². The lowest BCUT2D eigenvalue weighted by Crippen LogP contribution is -1.97. The Bertz CT molecular complexity index is 424. The van der Waals surface area contributed by atoms with Crippen molar-refractivity contribution < 1.29 is 4.74 Å². The lowest BCUT2D eigenvalue weighted by Gasteiger charge is -2.01. The van der Waals surface area contributed by atoms with E-state index in [1.165, 1.54) is 0 Å². The van der Waals surface area contributed by atoms with Crippen LogP contribution in [-0.2, 0) is 0 Å². The van der Waals surface area contributed by atoms with Gasteiger partial charge in [-0.3, -0.25) is 0 Å². The SMILES string of the molecule is COc1ccc(-n2cc(Br)cn2)nc1. The summed E-state index contributed by atoms with van der Waals surface area (Å²) in [5, 5.41) is 4.11. The summed E-state index contributed by atoms with van der Waals surface area (Å²) in [6.07, 6.45) is 5.21. The highest BCUT2D eigenvalue weighted by atomic mass is 79.9. The van der Waals surface area contributed by atoms with Crippen LogP contribution in [0.1, 0.15) is 0 Å². The summed E-state index contributed by atoms with van der Waals surface area (Å²) in [6, 6.07) is 3.69. The average molecular weight is 254 g/mol. The first-order chi connectivity index (χ1) is 6.79. The fourth-order valence-corrected chi connectivity index (χ4v) is 1.34. The molecule has 2 rings (SSSR count). The van der Waals surface area contributed by atoms with Gasteiger partial charge in [0, 0.05) is 6.20 Å². The van der Waals surface area contributed by atoms with E-state index >= 15 is 0 Å². The maximum absolute atomic E-state index is 5.01. The Balaban J connectivity index is 2.33. The topological polar surface area (TPSA) is 39.9 Å². The van der Waals surface area contributed by atoms with Crippen LogP contribution in [0.2, 0.25) is 0 Å². The van der Waals surface area contributed by atoms with E-state index in [0.29, 0.717) is 0 Å². The van der Waals surface area contributed by atoms with Crippen molar-refractivity contribution in [1.82, 2.24) is 14.8 Å². The Labute approximate surface area is 89.7 Å². The molecule has 0 aliphatic carbocycles. The molecule has 0 radical (unpaired) electrons. The molecule has 0 bridgehead atoms. The molecule has 0 saturated heterocycles. The van der Waals surface area contributed by atoms with Crippen molar-refractivity contribution in [3.8, 4) is 11.6 Å². The molecule has 0 aromatic carbocycles. The number of hydrogen-bond donors (Lipinski definition) is 0. The molecule has 0 amide bonds. The second-order valence-corrected chi connectivity index (χ2v) is 3.58. The number of methoxy groups -OCH3 is 1. The Morgan fingerprint density at radius 2 is 2.21 bits per heavy atom. The van der Waals surface area contributed by atoms with Gasteiger partial charge in [0.25, 0.3) is 0 Å². The molecule has 0 saturated carbocycles. The van der Waals surface area contributed by atoms with Crippen molar-refractivity contribution >= 4 is 15.9 Å². The third kappa shape index (κ3) is 1.77. The largest absolute Gasteiger partial charge is 0.495 e. The summed E-state index contributed by atoms with van der Waals surface area (Å²) in [7, 11) is 1.61. The van der Waals surface area contributed by atoms with Crippen LogP contribution in [0.3, 0.4) is 0 Å². The summed E-state index contributed by atoms with van der Waals surface area (Å²) < 4.78 is 7.62. The Morgan fingerprint density at radius 1 is 1.36 bits per heavy atom. The second kappa shape index (κ2) is 3.79. The van der Waals surface area contributed by atoms with E-state index in [1.54, 1.807) is 24.2 Å². The third-order valence-electron chi connectivity index (χ3n) is 1.74. The van der Waals surface area contributed by atoms with Gasteiger partial charge in [-0.15, -0.1) is 0 Å². The molecule has 0 atom stereocenters. The van der Waals surface area contributed by atoms with Crippen LogP contribution in [0.5, 0.6) is 5.75 Å². The van der Waals surface area contributed by atoms with Crippen LogP contribution < -0.4 is 4.74 Å². The fraction of sp³-hybridized carbons (Fsp3) is 0.111. The quantitative estimate of drug-likeness (QED) is 0.823. The molecule has 72 valence electrons. The molecule has 0 aliphatic heterocycles. The molecule has 4 nitrogen and oxygen atoms in total. The van der Waals surface area contributed by atoms with E-state index < -0.39 is 0 Å². The Kier molecular flexibility index (Phi) is 2.49. The van der Waals surface area contributed by atoms with Gasteiger partial charge in [0.15, 0.2) is 5.82 Å². The van der Waals surface area contributed by atoms with Crippen LogP contribution in [-0.4, -0.2) is 21.9 Å². The molecule has 0 fully saturated rings. The van der Waals surface area contributed by atoms with Gasteiger partial charge in [-0.25, -0.2) is 9.67 Å². The minimum atomic E-state index is 0.736. The van der Waals surface area contributed by atoms with Gasteiger partial charge in [-0.2, -0.15) is 5.10 Å². The first kappa shape index (κ1) is 9.21. The average Bonchev–Trinajstić information content (AvgIpc) is 2.65. The maximum atomic E-state index is 5.01. The molecule has 2 heterocycles. The summed E-state index contributed by atoms with van der Waals surface area (Å²) in [4.78, 5) is 4.19. The van der Waals surface area contributed by atoms with Crippen LogP contribution in [0.15, 0.2) is 35.2 Å². The lowest BCUT2D eigenvalue weighted by atomic mass is 10.4. The van der Waals surface area contributed by atoms with Gasteiger partial charge in [0.05, 0.1) is 24.0 Å². The zero-order valence-corrected chi connectivity index (χ0v) is 9.10. The predicted molar refractivity (Wildman–Crippen MR) is 55.6 cm³/mol. The fourth-order valence-electron chi connectivity index (χ4n) is 1.05. The van der Waals surface area contributed by atoms with Crippen LogP contribution >= 0.6 is 15.9 Å². The molecular formula is C9H8BrN3O. The summed E-state index contributed by atoms with van der Waals surface area (Å²) in [6.45, 7) is 0. The highest BCUT2D eigenvalue weighted by Crippen LogP contribution is 2.13. The third-order valence-corrected chi connectivity index (χ3v) is 2.15. The Morgan fingerprint density at radius 3 is 2.71 bits per heavy atom. The summed E-state index contributed by atoms with van der Waals surface area (Å²) in [5.41, 5.74) is 0. The smallest absolute Gasteiger partial charge is 0.153 e. The monoisotopic (exact) mass is 253 g/mol. The van der Waals surface area contributed by atoms with Crippen LogP contribution in [0, 0.1) is 0 Å². The van der Waals surface area contributed by atoms with E-state index in [4.69, 9.17) is 4.74 Å². The van der Waals surface area contributed by atoms with Crippen molar-refractivity contribution in [3.63, 3.8) is 0 Å². The van der Waals surface area contributed by atoms with Crippen LogP contribution in [0.4, 0.5) is 0 Å². The molecule has 0 aliphatic rings. The van der Waals surface area contributed by atoms with E-state index in [9.17, 15) is 0 Å². The zero-order valence-electron chi connectivity index (χ0n) is 7.51. The minimum Gasteiger partial charge on any atom is -0.495 e. The van der Waals surface area contributed by atoms with E-state index in [-0.39, 0.29) is 0 Å². The summed E-state index contributed by atoms with van der Waals surface area (Å²) in [5.74, 6) is 1.50. The first-order valence-corrected chi connectivity index (χ1v) is 4.79. The van der Waals surface area contributed by atoms with E-state index in [2.05, 4.69) is 26.0 Å². The minimum absolute atomic E-state index is 0.736. The lowest BCUT2D eigenvalue weighted by molar-refractivity contribution is 0.412. The molecule has 2 aromatic heterocycles. The number of aromatic nitrogens is 3. The zero-order chi connectivity index (χ0) is 9.97. The number of ether oxygens (including phenoxy) is 1.